The summed E-state index contributed by atoms with van der Waals surface area (Å²) in [4.78, 5) is 174. The van der Waals surface area contributed by atoms with E-state index >= 15 is 28.8 Å². The summed E-state index contributed by atoms with van der Waals surface area (Å²) in [6, 6.07) is -13.7. The van der Waals surface area contributed by atoms with Crippen LogP contribution in [0.2, 0.25) is 0 Å². The molecule has 24 nitrogen and oxygen atoms in total. The quantitative estimate of drug-likeness (QED) is 0.115. The fourth-order valence-electron chi connectivity index (χ4n) is 11.6. The predicted octanol–water partition coefficient (Wildman–Crippen LogP) is 3.98. The maximum absolute atomic E-state index is 15.3. The molecule has 0 spiro atoms. The van der Waals surface area contributed by atoms with Crippen LogP contribution in [0.5, 0.6) is 0 Å². The molecule has 522 valence electrons. The Labute approximate surface area is 546 Å². The summed E-state index contributed by atoms with van der Waals surface area (Å²) >= 11 is 0. The minimum absolute atomic E-state index is 0.00968. The highest BCUT2D eigenvalue weighted by Crippen LogP contribution is 2.26. The molecular formula is C67H122N12O12. The Hall–Kier alpha value is -6.17. The lowest BCUT2D eigenvalue weighted by molar-refractivity contribution is -0.157. The molecule has 1 heterocycles. The maximum atomic E-state index is 15.3. The SMILES string of the molecule is C/C=C/C[C@@H](C)[C@@H](O)C1C(=O)N[C@@H](CC)C(=O)N(C)[C@H](CCN(C)C)C(=O)N(C)[C@@H](CC(C)C)C(=O)N[C@H](C(C)C)C(=O)N(C)[C@H](CCC(C)C)C(=O)N[C@H](C)C(=O)N[C@@H](C)C(=O)N(C)[C@@H](CC(C)C)C(=O)N(C)[C@@H](CC(C)C)C(=O)N(C)[C@@H](C(C)C)C(=O)N1C. The number of amides is 11. The van der Waals surface area contributed by atoms with Gasteiger partial charge in [0.25, 0.3) is 0 Å². The van der Waals surface area contributed by atoms with Crippen molar-refractivity contribution in [3.63, 3.8) is 0 Å². The zero-order valence-corrected chi connectivity index (χ0v) is 60.5. The summed E-state index contributed by atoms with van der Waals surface area (Å²) in [5, 5.41) is 23.4. The highest BCUT2D eigenvalue weighted by molar-refractivity contribution is 6.00. The highest BCUT2D eigenvalue weighted by Gasteiger charge is 2.46. The second kappa shape index (κ2) is 38.1. The van der Waals surface area contributed by atoms with E-state index in [0.717, 1.165) is 4.90 Å². The maximum Gasteiger partial charge on any atom is 0.246 e. The lowest BCUT2D eigenvalue weighted by Gasteiger charge is -2.41. The first-order valence-corrected chi connectivity index (χ1v) is 33.1. The van der Waals surface area contributed by atoms with Crippen LogP contribution in [0.4, 0.5) is 0 Å². The van der Waals surface area contributed by atoms with Crippen molar-refractivity contribution >= 4 is 65.0 Å². The topological polar surface area (TPSA) is 282 Å². The summed E-state index contributed by atoms with van der Waals surface area (Å²) in [6.07, 6.45) is 3.62. The summed E-state index contributed by atoms with van der Waals surface area (Å²) in [5.74, 6) is -9.48. The van der Waals surface area contributed by atoms with Crippen LogP contribution in [0.15, 0.2) is 12.2 Å². The summed E-state index contributed by atoms with van der Waals surface area (Å²) in [6.45, 7) is 30.6. The van der Waals surface area contributed by atoms with Gasteiger partial charge in [0.1, 0.15) is 66.5 Å². The number of nitrogens with zero attached hydrogens (tertiary/aromatic N) is 8. The van der Waals surface area contributed by atoms with Crippen LogP contribution in [0.25, 0.3) is 0 Å². The molecule has 1 fully saturated rings. The number of nitrogens with one attached hydrogen (secondary N) is 4. The van der Waals surface area contributed by atoms with Crippen molar-refractivity contribution in [2.24, 2.45) is 41.4 Å². The number of likely N-dealkylation sites (N-methyl/N-ethyl adjacent to an activating group) is 7. The lowest BCUT2D eigenvalue weighted by atomic mass is 9.91. The molecule has 91 heavy (non-hydrogen) atoms. The Morgan fingerprint density at radius 2 is 0.879 bits per heavy atom. The molecule has 0 aliphatic carbocycles. The van der Waals surface area contributed by atoms with E-state index in [0.29, 0.717) is 19.4 Å². The van der Waals surface area contributed by atoms with Crippen LogP contribution in [0, 0.1) is 41.4 Å². The van der Waals surface area contributed by atoms with E-state index in [4.69, 9.17) is 0 Å². The number of allylic oxidation sites excluding steroid dienone is 2. The van der Waals surface area contributed by atoms with Crippen LogP contribution >= 0.6 is 0 Å². The second-order valence-corrected chi connectivity index (χ2v) is 28.2. The third-order valence-corrected chi connectivity index (χ3v) is 17.6. The minimum atomic E-state index is -1.63. The van der Waals surface area contributed by atoms with E-state index in [1.54, 1.807) is 61.7 Å². The van der Waals surface area contributed by atoms with E-state index in [2.05, 4.69) is 21.3 Å². The largest absolute Gasteiger partial charge is 0.390 e. The number of aliphatic hydroxyl groups is 1. The third kappa shape index (κ3) is 23.7. The van der Waals surface area contributed by atoms with E-state index in [-0.39, 0.29) is 62.2 Å². The van der Waals surface area contributed by atoms with Crippen LogP contribution < -0.4 is 21.3 Å². The Bertz CT molecular complexity index is 2470. The van der Waals surface area contributed by atoms with Gasteiger partial charge in [0.15, 0.2) is 0 Å². The molecule has 0 aromatic heterocycles. The Kier molecular flexibility index (Phi) is 34.7. The Morgan fingerprint density at radius 1 is 0.451 bits per heavy atom. The van der Waals surface area contributed by atoms with Crippen LogP contribution in [0.1, 0.15) is 169 Å². The molecule has 0 radical (unpaired) electrons. The lowest BCUT2D eigenvalue weighted by Crippen LogP contribution is -2.64. The van der Waals surface area contributed by atoms with Crippen molar-refractivity contribution in [3.05, 3.63) is 12.2 Å². The molecule has 1 saturated heterocycles. The van der Waals surface area contributed by atoms with Gasteiger partial charge in [-0.1, -0.05) is 109 Å². The summed E-state index contributed by atoms with van der Waals surface area (Å²) in [5.41, 5.74) is 0. The van der Waals surface area contributed by atoms with Crippen molar-refractivity contribution in [2.45, 2.75) is 242 Å². The molecule has 1 unspecified atom stereocenters. The van der Waals surface area contributed by atoms with Gasteiger partial charge in [-0.15, -0.1) is 0 Å². The van der Waals surface area contributed by atoms with Crippen LogP contribution in [-0.2, 0) is 52.7 Å². The molecule has 11 amide bonds. The van der Waals surface area contributed by atoms with Gasteiger partial charge in [0.05, 0.1) is 6.10 Å². The molecule has 0 bridgehead atoms. The van der Waals surface area contributed by atoms with Crippen LogP contribution in [0.3, 0.4) is 0 Å². The van der Waals surface area contributed by atoms with E-state index < -0.39 is 155 Å². The Morgan fingerprint density at radius 3 is 1.34 bits per heavy atom. The average Bonchev–Trinajstić information content (AvgIpc) is 1.03. The van der Waals surface area contributed by atoms with Gasteiger partial charge in [-0.2, -0.15) is 0 Å². The monoisotopic (exact) mass is 1290 g/mol. The molecule has 24 heteroatoms. The molecule has 1 aliphatic heterocycles. The molecule has 1 aliphatic rings. The Balaban J connectivity index is 4.52. The first-order chi connectivity index (χ1) is 42.0. The standard InChI is InChI=1S/C67H122N12O12/c1-27-29-30-44(15)56(80)55-60(84)70-47(28-2)62(86)74(21)49(33-34-72(18)19)63(87)75(22)50(35-39(5)6)59(83)71-53(42(11)12)66(90)73(20)48(32-31-38(3)4)58(82)68-45(16)57(81)69-46(17)61(85)76(23)51(36-40(7)8)64(88)77(24)52(37-41(9)10)65(89)78(25)54(43(13)14)67(91)79(55)26/h27,29,38-56,80H,28,30-37H2,1-26H3,(H,68,82)(H,69,81)(H,70,84)(H,71,83)/b29-27+/t44-,45-,46+,47+,48-,49-,50+,51+,52+,53-,54+,55?,56-/m1/s1. The first-order valence-electron chi connectivity index (χ1n) is 33.1. The van der Waals surface area contributed by atoms with Gasteiger partial charge in [-0.3, -0.25) is 52.7 Å². The van der Waals surface area contributed by atoms with Crippen molar-refractivity contribution < 1.29 is 57.8 Å². The van der Waals surface area contributed by atoms with Gasteiger partial charge >= 0.3 is 0 Å². The fraction of sp³-hybridized carbons (Fsp3) is 0.806. The number of hydrogen-bond donors (Lipinski definition) is 5. The smallest absolute Gasteiger partial charge is 0.246 e. The van der Waals surface area contributed by atoms with Crippen molar-refractivity contribution in [1.29, 1.82) is 0 Å². The minimum Gasteiger partial charge on any atom is -0.390 e. The summed E-state index contributed by atoms with van der Waals surface area (Å²) in [7, 11) is 13.7. The average molecular weight is 1290 g/mol. The number of hydrogen-bond acceptors (Lipinski definition) is 13. The van der Waals surface area contributed by atoms with Crippen molar-refractivity contribution in [1.82, 2.24) is 60.5 Å². The second-order valence-electron chi connectivity index (χ2n) is 28.2. The van der Waals surface area contributed by atoms with Gasteiger partial charge < -0.3 is 65.6 Å². The van der Waals surface area contributed by atoms with Crippen molar-refractivity contribution in [2.75, 3.05) is 70.0 Å². The molecule has 0 aromatic carbocycles. The summed E-state index contributed by atoms with van der Waals surface area (Å²) < 4.78 is 0. The van der Waals surface area contributed by atoms with E-state index in [1.807, 2.05) is 73.3 Å². The van der Waals surface area contributed by atoms with E-state index in [1.165, 1.54) is 92.6 Å². The predicted molar refractivity (Wildman–Crippen MR) is 355 cm³/mol. The molecular weight excluding hydrogens is 1160 g/mol. The van der Waals surface area contributed by atoms with E-state index in [9.17, 15) is 29.1 Å². The first kappa shape index (κ1) is 82.8. The number of carbonyl (C=O) groups is 11. The number of aliphatic hydroxyl groups excluding tert-OH is 1. The molecule has 0 aromatic rings. The van der Waals surface area contributed by atoms with Crippen molar-refractivity contribution in [3.8, 4) is 0 Å². The zero-order valence-electron chi connectivity index (χ0n) is 60.5. The molecule has 0 saturated carbocycles. The third-order valence-electron chi connectivity index (χ3n) is 17.6. The fourth-order valence-corrected chi connectivity index (χ4v) is 11.6. The van der Waals surface area contributed by atoms with Gasteiger partial charge in [0.2, 0.25) is 65.0 Å². The number of rotatable bonds is 19. The highest BCUT2D eigenvalue weighted by atomic mass is 16.3. The number of carbonyl (C=O) groups excluding carboxylic acids is 11. The van der Waals surface area contributed by atoms with Gasteiger partial charge in [0, 0.05) is 49.3 Å². The van der Waals surface area contributed by atoms with Gasteiger partial charge in [-0.25, -0.2) is 0 Å². The molecule has 13 atom stereocenters. The normalized spacial score (nSPS) is 26.8. The van der Waals surface area contributed by atoms with Gasteiger partial charge in [-0.05, 0) is 134 Å². The zero-order chi connectivity index (χ0) is 70.5. The molecule has 5 N–H and O–H groups in total. The molecule has 1 rings (SSSR count). The van der Waals surface area contributed by atoms with Crippen LogP contribution in [-0.4, -0.2) is 252 Å².